The SMILES string of the molecule is CC1=C2CC[C@H](C)C[C@@H]2[C@@H](C(C)C)CC1. The van der Waals surface area contributed by atoms with Crippen molar-refractivity contribution in [3.63, 3.8) is 0 Å². The van der Waals surface area contributed by atoms with E-state index in [9.17, 15) is 0 Å². The van der Waals surface area contributed by atoms with Crippen LogP contribution in [0.2, 0.25) is 0 Å². The summed E-state index contributed by atoms with van der Waals surface area (Å²) < 4.78 is 0. The van der Waals surface area contributed by atoms with Crippen molar-refractivity contribution in [1.29, 1.82) is 0 Å². The largest absolute Gasteiger partial charge is 0.0738 e. The zero-order valence-corrected chi connectivity index (χ0v) is 10.8. The van der Waals surface area contributed by atoms with Crippen molar-refractivity contribution in [2.75, 3.05) is 0 Å². The summed E-state index contributed by atoms with van der Waals surface area (Å²) in [5, 5.41) is 0. The molecule has 0 heteroatoms. The van der Waals surface area contributed by atoms with Crippen LogP contribution in [0.1, 0.15) is 59.8 Å². The number of fused-ring (bicyclic) bond motifs is 1. The maximum atomic E-state index is 2.44. The Morgan fingerprint density at radius 3 is 2.53 bits per heavy atom. The smallest absolute Gasteiger partial charge is 0.0167 e. The monoisotopic (exact) mass is 206 g/mol. The van der Waals surface area contributed by atoms with Crippen molar-refractivity contribution >= 4 is 0 Å². The molecule has 0 amide bonds. The summed E-state index contributed by atoms with van der Waals surface area (Å²) in [5.41, 5.74) is 3.60. The molecule has 0 saturated heterocycles. The molecule has 2 aliphatic carbocycles. The molecule has 0 bridgehead atoms. The van der Waals surface area contributed by atoms with Crippen LogP contribution in [0.4, 0.5) is 0 Å². The van der Waals surface area contributed by atoms with Gasteiger partial charge in [0.2, 0.25) is 0 Å². The van der Waals surface area contributed by atoms with Crippen LogP contribution < -0.4 is 0 Å². The topological polar surface area (TPSA) is 0 Å². The molecule has 0 aromatic heterocycles. The summed E-state index contributed by atoms with van der Waals surface area (Å²) >= 11 is 0. The highest BCUT2D eigenvalue weighted by atomic mass is 14.4. The molecule has 0 spiro atoms. The van der Waals surface area contributed by atoms with Crippen molar-refractivity contribution in [3.8, 4) is 0 Å². The molecule has 2 aliphatic rings. The van der Waals surface area contributed by atoms with Gasteiger partial charge in [-0.3, -0.25) is 0 Å². The lowest BCUT2D eigenvalue weighted by atomic mass is 9.63. The van der Waals surface area contributed by atoms with Crippen LogP contribution in [0.5, 0.6) is 0 Å². The number of hydrogen-bond donors (Lipinski definition) is 0. The van der Waals surface area contributed by atoms with E-state index < -0.39 is 0 Å². The molecule has 0 nitrogen and oxygen atoms in total. The van der Waals surface area contributed by atoms with Gasteiger partial charge >= 0.3 is 0 Å². The summed E-state index contributed by atoms with van der Waals surface area (Å²) in [6.45, 7) is 9.66. The van der Waals surface area contributed by atoms with Crippen molar-refractivity contribution < 1.29 is 0 Å². The Morgan fingerprint density at radius 2 is 1.87 bits per heavy atom. The second-order valence-corrected chi connectivity index (χ2v) is 6.24. The third-order valence-electron chi connectivity index (χ3n) is 4.78. The number of hydrogen-bond acceptors (Lipinski definition) is 0. The van der Waals surface area contributed by atoms with Crippen molar-refractivity contribution in [2.45, 2.75) is 59.8 Å². The molecule has 0 aliphatic heterocycles. The first-order valence-electron chi connectivity index (χ1n) is 6.78. The van der Waals surface area contributed by atoms with Crippen molar-refractivity contribution in [2.24, 2.45) is 23.7 Å². The van der Waals surface area contributed by atoms with Gasteiger partial charge in [0.15, 0.2) is 0 Å². The molecule has 0 radical (unpaired) electrons. The van der Waals surface area contributed by atoms with Gasteiger partial charge in [-0.05, 0) is 62.7 Å². The van der Waals surface area contributed by atoms with Gasteiger partial charge in [0.25, 0.3) is 0 Å². The van der Waals surface area contributed by atoms with Crippen LogP contribution in [-0.4, -0.2) is 0 Å². The maximum absolute atomic E-state index is 2.44. The van der Waals surface area contributed by atoms with Crippen LogP contribution in [0.3, 0.4) is 0 Å². The van der Waals surface area contributed by atoms with Gasteiger partial charge in [-0.1, -0.05) is 31.9 Å². The molecule has 86 valence electrons. The lowest BCUT2D eigenvalue weighted by molar-refractivity contribution is 0.189. The molecule has 2 rings (SSSR count). The molecular formula is C15H26. The van der Waals surface area contributed by atoms with Crippen molar-refractivity contribution in [3.05, 3.63) is 11.1 Å². The summed E-state index contributed by atoms with van der Waals surface area (Å²) in [4.78, 5) is 0. The van der Waals surface area contributed by atoms with Crippen LogP contribution in [0.15, 0.2) is 11.1 Å². The van der Waals surface area contributed by atoms with Gasteiger partial charge in [-0.2, -0.15) is 0 Å². The predicted molar refractivity (Wildman–Crippen MR) is 66.8 cm³/mol. The fourth-order valence-electron chi connectivity index (χ4n) is 3.79. The highest BCUT2D eigenvalue weighted by Gasteiger charge is 2.35. The second-order valence-electron chi connectivity index (χ2n) is 6.24. The lowest BCUT2D eigenvalue weighted by Crippen LogP contribution is -2.31. The lowest BCUT2D eigenvalue weighted by Gasteiger charge is -2.42. The zero-order valence-electron chi connectivity index (χ0n) is 10.8. The molecule has 0 N–H and O–H groups in total. The standard InChI is InChI=1S/C15H26/c1-10(2)13-8-6-12(4)14-7-5-11(3)9-15(13)14/h10-11,13,15H,5-9H2,1-4H3/t11-,13+,15+/m0/s1. The molecule has 0 heterocycles. The summed E-state index contributed by atoms with van der Waals surface area (Å²) in [5.74, 6) is 3.77. The van der Waals surface area contributed by atoms with E-state index in [1.54, 1.807) is 5.57 Å². The van der Waals surface area contributed by atoms with E-state index in [0.717, 1.165) is 23.7 Å². The van der Waals surface area contributed by atoms with Gasteiger partial charge in [-0.25, -0.2) is 0 Å². The Bertz CT molecular complexity index is 259. The first kappa shape index (κ1) is 11.2. The molecule has 1 saturated carbocycles. The average Bonchev–Trinajstić information content (AvgIpc) is 2.17. The van der Waals surface area contributed by atoms with Crippen LogP contribution >= 0.6 is 0 Å². The van der Waals surface area contributed by atoms with Crippen molar-refractivity contribution in [1.82, 2.24) is 0 Å². The highest BCUT2D eigenvalue weighted by molar-refractivity contribution is 5.22. The van der Waals surface area contributed by atoms with E-state index in [1.807, 2.05) is 5.57 Å². The van der Waals surface area contributed by atoms with Gasteiger partial charge in [0.1, 0.15) is 0 Å². The fourth-order valence-corrected chi connectivity index (χ4v) is 3.79. The third kappa shape index (κ3) is 2.14. The van der Waals surface area contributed by atoms with Crippen LogP contribution in [0.25, 0.3) is 0 Å². The third-order valence-corrected chi connectivity index (χ3v) is 4.78. The van der Waals surface area contributed by atoms with E-state index in [2.05, 4.69) is 27.7 Å². The Hall–Kier alpha value is -0.260. The van der Waals surface area contributed by atoms with Gasteiger partial charge in [-0.15, -0.1) is 0 Å². The summed E-state index contributed by atoms with van der Waals surface area (Å²) in [7, 11) is 0. The van der Waals surface area contributed by atoms with Gasteiger partial charge in [0, 0.05) is 0 Å². The molecular weight excluding hydrogens is 180 g/mol. The van der Waals surface area contributed by atoms with E-state index in [1.165, 1.54) is 32.1 Å². The van der Waals surface area contributed by atoms with E-state index >= 15 is 0 Å². The quantitative estimate of drug-likeness (QED) is 0.540. The average molecular weight is 206 g/mol. The second kappa shape index (κ2) is 4.31. The molecule has 0 unspecified atom stereocenters. The first-order valence-corrected chi connectivity index (χ1v) is 6.78. The summed E-state index contributed by atoms with van der Waals surface area (Å²) in [6, 6.07) is 0. The van der Waals surface area contributed by atoms with Gasteiger partial charge < -0.3 is 0 Å². The Morgan fingerprint density at radius 1 is 1.13 bits per heavy atom. The molecule has 0 aromatic carbocycles. The molecule has 3 atom stereocenters. The number of rotatable bonds is 1. The molecule has 15 heavy (non-hydrogen) atoms. The Labute approximate surface area is 95.1 Å². The normalized spacial score (nSPS) is 37.0. The minimum atomic E-state index is 0.878. The van der Waals surface area contributed by atoms with E-state index in [0.29, 0.717) is 0 Å². The first-order chi connectivity index (χ1) is 7.09. The Kier molecular flexibility index (Phi) is 3.23. The van der Waals surface area contributed by atoms with E-state index in [-0.39, 0.29) is 0 Å². The zero-order chi connectivity index (χ0) is 11.0. The fraction of sp³-hybridized carbons (Fsp3) is 0.867. The van der Waals surface area contributed by atoms with Crippen LogP contribution in [0, 0.1) is 23.7 Å². The summed E-state index contributed by atoms with van der Waals surface area (Å²) in [6.07, 6.45) is 7.14. The molecule has 0 aromatic rings. The Balaban J connectivity index is 2.22. The van der Waals surface area contributed by atoms with E-state index in [4.69, 9.17) is 0 Å². The molecule has 1 fully saturated rings. The minimum Gasteiger partial charge on any atom is -0.0738 e. The maximum Gasteiger partial charge on any atom is -0.0167 e. The van der Waals surface area contributed by atoms with Gasteiger partial charge in [0.05, 0.1) is 0 Å². The number of allylic oxidation sites excluding steroid dienone is 2. The highest BCUT2D eigenvalue weighted by Crippen LogP contribution is 2.47. The minimum absolute atomic E-state index is 0.878. The van der Waals surface area contributed by atoms with Crippen LogP contribution in [-0.2, 0) is 0 Å². The predicted octanol–water partition coefficient (Wildman–Crippen LogP) is 4.81.